The molecular formula is C14H13BrN4O5. The summed E-state index contributed by atoms with van der Waals surface area (Å²) >= 11 is 3.20. The van der Waals surface area contributed by atoms with E-state index in [9.17, 15) is 19.5 Å². The predicted octanol–water partition coefficient (Wildman–Crippen LogP) is 0.775. The fourth-order valence-corrected chi connectivity index (χ4v) is 3.03. The number of aromatic amines is 1. The molecular weight excluding hydrogens is 384 g/mol. The number of nitrogens with zero attached hydrogens (tertiary/aromatic N) is 1. The van der Waals surface area contributed by atoms with Crippen LogP contribution in [0.3, 0.4) is 0 Å². The molecule has 9 nitrogen and oxygen atoms in total. The van der Waals surface area contributed by atoms with Crippen LogP contribution in [0, 0.1) is 0 Å². The van der Waals surface area contributed by atoms with Crippen LogP contribution >= 0.6 is 15.9 Å². The van der Waals surface area contributed by atoms with Crippen LogP contribution in [-0.4, -0.2) is 27.8 Å². The summed E-state index contributed by atoms with van der Waals surface area (Å²) in [5, 5.41) is 15.0. The molecule has 126 valence electrons. The van der Waals surface area contributed by atoms with Crippen LogP contribution in [0.25, 0.3) is 0 Å². The van der Waals surface area contributed by atoms with Crippen molar-refractivity contribution >= 4 is 27.8 Å². The summed E-state index contributed by atoms with van der Waals surface area (Å²) in [4.78, 5) is 38.2. The number of hydrogen-bond acceptors (Lipinski definition) is 5. The number of rotatable bonds is 2. The van der Waals surface area contributed by atoms with Crippen LogP contribution in [0.5, 0.6) is 11.5 Å². The summed E-state index contributed by atoms with van der Waals surface area (Å²) < 4.78 is 6.58. The zero-order valence-corrected chi connectivity index (χ0v) is 14.2. The van der Waals surface area contributed by atoms with E-state index in [1.54, 1.807) is 6.07 Å². The lowest BCUT2D eigenvalue weighted by molar-refractivity contribution is 0.248. The van der Waals surface area contributed by atoms with Crippen molar-refractivity contribution in [3.05, 3.63) is 48.6 Å². The largest absolute Gasteiger partial charge is 0.503 e. The number of aromatic nitrogens is 2. The second-order valence-electron chi connectivity index (χ2n) is 5.17. The van der Waals surface area contributed by atoms with Crippen molar-refractivity contribution in [1.82, 2.24) is 14.9 Å². The maximum atomic E-state index is 12.3. The van der Waals surface area contributed by atoms with E-state index in [-0.39, 0.29) is 22.9 Å². The predicted molar refractivity (Wildman–Crippen MR) is 88.7 cm³/mol. The molecule has 1 aromatic heterocycles. The molecule has 10 heteroatoms. The Bertz CT molecular complexity index is 965. The number of phenolic OH excluding ortho intramolecular Hbond substituents is 1. The first-order valence-electron chi connectivity index (χ1n) is 6.80. The van der Waals surface area contributed by atoms with E-state index in [0.29, 0.717) is 10.0 Å². The van der Waals surface area contributed by atoms with Gasteiger partial charge >= 0.3 is 11.7 Å². The third-order valence-electron chi connectivity index (χ3n) is 3.76. The van der Waals surface area contributed by atoms with E-state index in [1.165, 1.54) is 20.2 Å². The fourth-order valence-electron chi connectivity index (χ4n) is 2.57. The van der Waals surface area contributed by atoms with Crippen molar-refractivity contribution in [1.29, 1.82) is 0 Å². The molecule has 0 spiro atoms. The molecule has 1 aliphatic rings. The average molecular weight is 397 g/mol. The number of carbonyl (C=O) groups is 1. The van der Waals surface area contributed by atoms with Gasteiger partial charge in [-0.2, -0.15) is 0 Å². The Labute approximate surface area is 143 Å². The Hall–Kier alpha value is -2.75. The number of benzene rings is 1. The average Bonchev–Trinajstić information content (AvgIpc) is 2.54. The molecule has 4 N–H and O–H groups in total. The molecule has 0 radical (unpaired) electrons. The van der Waals surface area contributed by atoms with Crippen LogP contribution < -0.4 is 26.6 Å². The Morgan fingerprint density at radius 3 is 2.67 bits per heavy atom. The number of aromatic hydroxyl groups is 1. The Balaban J connectivity index is 2.27. The molecule has 1 atom stereocenters. The van der Waals surface area contributed by atoms with Gasteiger partial charge in [0, 0.05) is 7.05 Å². The van der Waals surface area contributed by atoms with E-state index >= 15 is 0 Å². The molecule has 2 amide bonds. The minimum Gasteiger partial charge on any atom is -0.503 e. The molecule has 1 aliphatic heterocycles. The number of nitrogens with one attached hydrogen (secondary N) is 3. The van der Waals surface area contributed by atoms with Gasteiger partial charge in [-0.05, 0) is 33.6 Å². The van der Waals surface area contributed by atoms with Gasteiger partial charge in [0.05, 0.1) is 23.2 Å². The lowest BCUT2D eigenvalue weighted by Crippen LogP contribution is -2.46. The van der Waals surface area contributed by atoms with Crippen molar-refractivity contribution in [2.45, 2.75) is 6.04 Å². The first-order chi connectivity index (χ1) is 11.3. The van der Waals surface area contributed by atoms with Crippen LogP contribution in [0.1, 0.15) is 17.2 Å². The maximum Gasteiger partial charge on any atom is 0.329 e. The first-order valence-corrected chi connectivity index (χ1v) is 7.60. The Kier molecular flexibility index (Phi) is 3.84. The number of fused-ring (bicyclic) bond motifs is 1. The smallest absolute Gasteiger partial charge is 0.329 e. The van der Waals surface area contributed by atoms with Gasteiger partial charge in [-0.15, -0.1) is 0 Å². The van der Waals surface area contributed by atoms with E-state index in [1.807, 2.05) is 0 Å². The zero-order valence-electron chi connectivity index (χ0n) is 12.6. The molecule has 1 aromatic carbocycles. The SMILES string of the molecule is COc1cc(C2NC(=O)Nc3c2c(=O)[nH]c(=O)n3C)cc(Br)c1O. The van der Waals surface area contributed by atoms with Gasteiger partial charge in [0.1, 0.15) is 5.82 Å². The van der Waals surface area contributed by atoms with E-state index in [2.05, 4.69) is 31.5 Å². The third-order valence-corrected chi connectivity index (χ3v) is 4.36. The lowest BCUT2D eigenvalue weighted by Gasteiger charge is -2.28. The van der Waals surface area contributed by atoms with E-state index in [4.69, 9.17) is 4.74 Å². The minimum atomic E-state index is -0.824. The quantitative estimate of drug-likeness (QED) is 0.596. The van der Waals surface area contributed by atoms with Crippen molar-refractivity contribution in [2.24, 2.45) is 7.05 Å². The number of carbonyl (C=O) groups excluding carboxylic acids is 1. The number of urea groups is 1. The summed E-state index contributed by atoms with van der Waals surface area (Å²) in [6.07, 6.45) is 0. The highest BCUT2D eigenvalue weighted by atomic mass is 79.9. The van der Waals surface area contributed by atoms with E-state index in [0.717, 1.165) is 4.57 Å². The summed E-state index contributed by atoms with van der Waals surface area (Å²) in [6.45, 7) is 0. The highest BCUT2D eigenvalue weighted by Gasteiger charge is 2.31. The van der Waals surface area contributed by atoms with Crippen LogP contribution in [-0.2, 0) is 7.05 Å². The van der Waals surface area contributed by atoms with Gasteiger partial charge in [0.2, 0.25) is 0 Å². The number of halogens is 1. The lowest BCUT2D eigenvalue weighted by atomic mass is 9.98. The highest BCUT2D eigenvalue weighted by molar-refractivity contribution is 9.10. The molecule has 0 aliphatic carbocycles. The van der Waals surface area contributed by atoms with Crippen LogP contribution in [0.2, 0.25) is 0 Å². The van der Waals surface area contributed by atoms with Gasteiger partial charge in [-0.1, -0.05) is 0 Å². The van der Waals surface area contributed by atoms with Gasteiger partial charge in [0.25, 0.3) is 5.56 Å². The van der Waals surface area contributed by atoms with Crippen molar-refractivity contribution in [3.63, 3.8) is 0 Å². The Morgan fingerprint density at radius 1 is 1.29 bits per heavy atom. The number of H-pyrrole nitrogens is 1. The second-order valence-corrected chi connectivity index (χ2v) is 6.02. The normalized spacial score (nSPS) is 16.1. The van der Waals surface area contributed by atoms with Gasteiger partial charge < -0.3 is 15.2 Å². The minimum absolute atomic E-state index is 0.101. The molecule has 0 saturated heterocycles. The van der Waals surface area contributed by atoms with Gasteiger partial charge in [0.15, 0.2) is 11.5 Å². The number of amides is 2. The van der Waals surface area contributed by atoms with Crippen molar-refractivity contribution in [2.75, 3.05) is 12.4 Å². The molecule has 2 heterocycles. The summed E-state index contributed by atoms with van der Waals surface area (Å²) in [6, 6.07) is 1.68. The molecule has 24 heavy (non-hydrogen) atoms. The molecule has 3 rings (SSSR count). The van der Waals surface area contributed by atoms with Gasteiger partial charge in [-0.25, -0.2) is 9.59 Å². The zero-order chi connectivity index (χ0) is 17.6. The standard InChI is InChI=1S/C14H13BrN4O5/c1-19-11-8(12(21)18-14(19)23)9(16-13(22)17-11)5-3-6(15)10(20)7(4-5)24-2/h3-4,9,20H,1-2H3,(H2,16,17,22)(H,18,21,23). The monoisotopic (exact) mass is 396 g/mol. The van der Waals surface area contributed by atoms with Crippen molar-refractivity contribution < 1.29 is 14.6 Å². The summed E-state index contributed by atoms with van der Waals surface area (Å²) in [5.41, 5.74) is -0.578. The molecule has 0 bridgehead atoms. The second kappa shape index (κ2) is 5.71. The number of methoxy groups -OCH3 is 1. The van der Waals surface area contributed by atoms with E-state index < -0.39 is 23.3 Å². The van der Waals surface area contributed by atoms with Gasteiger partial charge in [-0.3, -0.25) is 19.7 Å². The molecule has 1 unspecified atom stereocenters. The number of hydrogen-bond donors (Lipinski definition) is 4. The first kappa shape index (κ1) is 16.1. The number of anilines is 1. The number of ether oxygens (including phenoxy) is 1. The van der Waals surface area contributed by atoms with Crippen molar-refractivity contribution in [3.8, 4) is 11.5 Å². The number of phenols is 1. The highest BCUT2D eigenvalue weighted by Crippen LogP contribution is 2.39. The fraction of sp³-hybridized carbons (Fsp3) is 0.214. The molecule has 0 saturated carbocycles. The Morgan fingerprint density at radius 2 is 2.00 bits per heavy atom. The summed E-state index contributed by atoms with van der Waals surface area (Å²) in [7, 11) is 2.82. The third kappa shape index (κ3) is 2.44. The van der Waals surface area contributed by atoms with Crippen LogP contribution in [0.4, 0.5) is 10.6 Å². The summed E-state index contributed by atoms with van der Waals surface area (Å²) in [5.74, 6) is 0.187. The molecule has 0 fully saturated rings. The molecule has 2 aromatic rings. The van der Waals surface area contributed by atoms with Crippen LogP contribution in [0.15, 0.2) is 26.2 Å². The maximum absolute atomic E-state index is 12.3. The topological polar surface area (TPSA) is 125 Å².